The molecule has 0 radical (unpaired) electrons. The highest BCUT2D eigenvalue weighted by Gasteiger charge is 2.14. The van der Waals surface area contributed by atoms with Gasteiger partial charge in [-0.15, -0.1) is 0 Å². The molecule has 0 aliphatic carbocycles. The van der Waals surface area contributed by atoms with Gasteiger partial charge in [0.2, 0.25) is 5.91 Å². The third-order valence-corrected chi connectivity index (χ3v) is 2.79. The van der Waals surface area contributed by atoms with Crippen molar-refractivity contribution in [2.75, 3.05) is 0 Å². The molecule has 0 heterocycles. The van der Waals surface area contributed by atoms with Crippen molar-refractivity contribution in [2.45, 2.75) is 51.6 Å². The van der Waals surface area contributed by atoms with Crippen molar-refractivity contribution in [2.24, 2.45) is 5.73 Å². The van der Waals surface area contributed by atoms with E-state index in [9.17, 15) is 4.79 Å². The first kappa shape index (κ1) is 14.7. The van der Waals surface area contributed by atoms with E-state index in [4.69, 9.17) is 5.73 Å². The Morgan fingerprint density at radius 3 is 2.50 bits per heavy atom. The number of hydrogen-bond donors (Lipinski definition) is 2. The van der Waals surface area contributed by atoms with E-state index in [2.05, 4.69) is 17.4 Å². The average molecular weight is 248 g/mol. The van der Waals surface area contributed by atoms with Gasteiger partial charge in [-0.25, -0.2) is 0 Å². The predicted molar refractivity (Wildman–Crippen MR) is 75.3 cm³/mol. The number of hydrogen-bond acceptors (Lipinski definition) is 2. The highest BCUT2D eigenvalue weighted by Crippen LogP contribution is 2.07. The van der Waals surface area contributed by atoms with Gasteiger partial charge in [-0.2, -0.15) is 0 Å². The SMILES string of the molecule is CC(Cc1ccccc1)NC(=O)CCC(C)(C)N. The molecule has 1 unspecified atom stereocenters. The Hall–Kier alpha value is -1.35. The van der Waals surface area contributed by atoms with E-state index in [1.54, 1.807) is 0 Å². The van der Waals surface area contributed by atoms with Crippen LogP contribution in [0.15, 0.2) is 30.3 Å². The lowest BCUT2D eigenvalue weighted by atomic mass is 9.99. The van der Waals surface area contributed by atoms with E-state index in [1.165, 1.54) is 5.56 Å². The van der Waals surface area contributed by atoms with Crippen LogP contribution in [0.3, 0.4) is 0 Å². The zero-order valence-corrected chi connectivity index (χ0v) is 11.6. The maximum atomic E-state index is 11.7. The van der Waals surface area contributed by atoms with Gasteiger partial charge in [-0.1, -0.05) is 30.3 Å². The van der Waals surface area contributed by atoms with Gasteiger partial charge in [0.15, 0.2) is 0 Å². The van der Waals surface area contributed by atoms with Gasteiger partial charge in [0, 0.05) is 18.0 Å². The first-order valence-electron chi connectivity index (χ1n) is 6.49. The molecular weight excluding hydrogens is 224 g/mol. The van der Waals surface area contributed by atoms with E-state index >= 15 is 0 Å². The number of nitrogens with one attached hydrogen (secondary N) is 1. The zero-order chi connectivity index (χ0) is 13.6. The summed E-state index contributed by atoms with van der Waals surface area (Å²) in [5.41, 5.74) is 6.82. The number of carbonyl (C=O) groups is 1. The summed E-state index contributed by atoms with van der Waals surface area (Å²) in [6.07, 6.45) is 2.05. The van der Waals surface area contributed by atoms with Crippen LogP contribution in [-0.4, -0.2) is 17.5 Å². The molecule has 3 nitrogen and oxygen atoms in total. The van der Waals surface area contributed by atoms with Crippen molar-refractivity contribution in [1.29, 1.82) is 0 Å². The summed E-state index contributed by atoms with van der Waals surface area (Å²) in [7, 11) is 0. The van der Waals surface area contributed by atoms with Gasteiger partial charge in [-0.05, 0) is 39.2 Å². The Labute approximate surface area is 110 Å². The zero-order valence-electron chi connectivity index (χ0n) is 11.6. The second-order valence-electron chi connectivity index (χ2n) is 5.65. The van der Waals surface area contributed by atoms with E-state index in [1.807, 2.05) is 39.0 Å². The molecule has 0 aromatic heterocycles. The van der Waals surface area contributed by atoms with Crippen LogP contribution < -0.4 is 11.1 Å². The maximum absolute atomic E-state index is 11.7. The Morgan fingerprint density at radius 1 is 1.33 bits per heavy atom. The molecule has 1 aromatic carbocycles. The summed E-state index contributed by atoms with van der Waals surface area (Å²) in [4.78, 5) is 11.7. The minimum absolute atomic E-state index is 0.0805. The van der Waals surface area contributed by atoms with Crippen molar-refractivity contribution in [3.8, 4) is 0 Å². The monoisotopic (exact) mass is 248 g/mol. The highest BCUT2D eigenvalue weighted by atomic mass is 16.1. The topological polar surface area (TPSA) is 55.1 Å². The van der Waals surface area contributed by atoms with E-state index in [0.29, 0.717) is 12.8 Å². The predicted octanol–water partition coefficient (Wildman–Crippen LogP) is 2.25. The molecule has 0 fully saturated rings. The Balaban J connectivity index is 2.32. The van der Waals surface area contributed by atoms with Gasteiger partial charge >= 0.3 is 0 Å². The molecule has 0 saturated carbocycles. The van der Waals surface area contributed by atoms with Gasteiger partial charge in [-0.3, -0.25) is 4.79 Å². The molecule has 0 spiro atoms. The van der Waals surface area contributed by atoms with Gasteiger partial charge in [0.05, 0.1) is 0 Å². The molecule has 100 valence electrons. The number of benzene rings is 1. The number of nitrogens with two attached hydrogens (primary N) is 1. The third kappa shape index (κ3) is 6.40. The smallest absolute Gasteiger partial charge is 0.220 e. The largest absolute Gasteiger partial charge is 0.353 e. The van der Waals surface area contributed by atoms with Gasteiger partial charge < -0.3 is 11.1 Å². The maximum Gasteiger partial charge on any atom is 0.220 e. The molecule has 18 heavy (non-hydrogen) atoms. The van der Waals surface area contributed by atoms with Crippen LogP contribution in [0.4, 0.5) is 0 Å². The first-order valence-corrected chi connectivity index (χ1v) is 6.49. The van der Waals surface area contributed by atoms with Crippen molar-refractivity contribution in [3.63, 3.8) is 0 Å². The Kier molecular flexibility index (Phi) is 5.35. The molecular formula is C15H24N2O. The average Bonchev–Trinajstić information content (AvgIpc) is 2.26. The third-order valence-electron chi connectivity index (χ3n) is 2.79. The lowest BCUT2D eigenvalue weighted by Gasteiger charge is -2.19. The van der Waals surface area contributed by atoms with Crippen LogP contribution in [0.1, 0.15) is 39.2 Å². The van der Waals surface area contributed by atoms with Crippen molar-refractivity contribution < 1.29 is 4.79 Å². The van der Waals surface area contributed by atoms with Gasteiger partial charge in [0.1, 0.15) is 0 Å². The van der Waals surface area contributed by atoms with Crippen LogP contribution in [0, 0.1) is 0 Å². The number of amides is 1. The summed E-state index contributed by atoms with van der Waals surface area (Å²) in [5, 5.41) is 3.01. The minimum Gasteiger partial charge on any atom is -0.353 e. The molecule has 1 aromatic rings. The molecule has 1 atom stereocenters. The molecule has 1 rings (SSSR count). The van der Waals surface area contributed by atoms with Crippen molar-refractivity contribution in [1.82, 2.24) is 5.32 Å². The molecule has 0 saturated heterocycles. The second-order valence-corrected chi connectivity index (χ2v) is 5.65. The first-order chi connectivity index (χ1) is 8.37. The quantitative estimate of drug-likeness (QED) is 0.811. The van der Waals surface area contributed by atoms with Crippen LogP contribution in [-0.2, 0) is 11.2 Å². The minimum atomic E-state index is -0.278. The number of carbonyl (C=O) groups excluding carboxylic acids is 1. The van der Waals surface area contributed by atoms with Crippen molar-refractivity contribution >= 4 is 5.91 Å². The standard InChI is InChI=1S/C15H24N2O/c1-12(11-13-7-5-4-6-8-13)17-14(18)9-10-15(2,3)16/h4-8,12H,9-11,16H2,1-3H3,(H,17,18). The Morgan fingerprint density at radius 2 is 1.94 bits per heavy atom. The second kappa shape index (κ2) is 6.55. The normalized spacial score (nSPS) is 13.1. The fourth-order valence-corrected chi connectivity index (χ4v) is 1.80. The lowest BCUT2D eigenvalue weighted by Crippen LogP contribution is -2.37. The van der Waals surface area contributed by atoms with E-state index in [-0.39, 0.29) is 17.5 Å². The molecule has 3 heteroatoms. The van der Waals surface area contributed by atoms with Crippen LogP contribution in [0.5, 0.6) is 0 Å². The van der Waals surface area contributed by atoms with Crippen LogP contribution >= 0.6 is 0 Å². The summed E-state index contributed by atoms with van der Waals surface area (Å²) in [6, 6.07) is 10.3. The summed E-state index contributed by atoms with van der Waals surface area (Å²) in [5.74, 6) is 0.0805. The van der Waals surface area contributed by atoms with Crippen LogP contribution in [0.2, 0.25) is 0 Å². The van der Waals surface area contributed by atoms with Crippen molar-refractivity contribution in [3.05, 3.63) is 35.9 Å². The van der Waals surface area contributed by atoms with E-state index < -0.39 is 0 Å². The Bertz CT molecular complexity index is 368. The summed E-state index contributed by atoms with van der Waals surface area (Å²) in [6.45, 7) is 5.90. The lowest BCUT2D eigenvalue weighted by molar-refractivity contribution is -0.122. The summed E-state index contributed by atoms with van der Waals surface area (Å²) < 4.78 is 0. The highest BCUT2D eigenvalue weighted by molar-refractivity contribution is 5.76. The van der Waals surface area contributed by atoms with E-state index in [0.717, 1.165) is 6.42 Å². The molecule has 3 N–H and O–H groups in total. The molecule has 1 amide bonds. The molecule has 0 aliphatic heterocycles. The molecule has 0 aliphatic rings. The molecule has 0 bridgehead atoms. The van der Waals surface area contributed by atoms with Gasteiger partial charge in [0.25, 0.3) is 0 Å². The van der Waals surface area contributed by atoms with Crippen LogP contribution in [0.25, 0.3) is 0 Å². The number of rotatable bonds is 6. The fourth-order valence-electron chi connectivity index (χ4n) is 1.80. The summed E-state index contributed by atoms with van der Waals surface area (Å²) >= 11 is 0. The fraction of sp³-hybridized carbons (Fsp3) is 0.533.